The zero-order valence-electron chi connectivity index (χ0n) is 15.7. The summed E-state index contributed by atoms with van der Waals surface area (Å²) in [6.45, 7) is 6.97. The van der Waals surface area contributed by atoms with Crippen molar-refractivity contribution in [3.63, 3.8) is 0 Å². The van der Waals surface area contributed by atoms with Crippen molar-refractivity contribution in [2.24, 2.45) is 5.92 Å². The first kappa shape index (κ1) is 18.6. The third kappa shape index (κ3) is 5.14. The first-order chi connectivity index (χ1) is 12.5. The minimum Gasteiger partial charge on any atom is -0.376 e. The summed E-state index contributed by atoms with van der Waals surface area (Å²) < 4.78 is 7.83. The van der Waals surface area contributed by atoms with E-state index in [0.717, 1.165) is 37.9 Å². The monoisotopic (exact) mass is 356 g/mol. The van der Waals surface area contributed by atoms with Gasteiger partial charge in [0.25, 0.3) is 0 Å². The van der Waals surface area contributed by atoms with Gasteiger partial charge in [0.2, 0.25) is 5.91 Å². The summed E-state index contributed by atoms with van der Waals surface area (Å²) in [4.78, 5) is 23.5. The molecule has 1 aliphatic rings. The lowest BCUT2D eigenvalue weighted by Gasteiger charge is -2.37. The molecule has 2 aromatic rings. The summed E-state index contributed by atoms with van der Waals surface area (Å²) in [5.41, 5.74) is 0.838. The van der Waals surface area contributed by atoms with Gasteiger partial charge in [-0.3, -0.25) is 9.78 Å². The van der Waals surface area contributed by atoms with Gasteiger partial charge >= 0.3 is 0 Å². The number of pyridine rings is 1. The first-order valence-corrected chi connectivity index (χ1v) is 9.31. The molecule has 26 heavy (non-hydrogen) atoms. The number of amides is 1. The number of rotatable bonds is 7. The Morgan fingerprint density at radius 1 is 1.38 bits per heavy atom. The first-order valence-electron chi connectivity index (χ1n) is 9.31. The van der Waals surface area contributed by atoms with Gasteiger partial charge in [-0.25, -0.2) is 4.98 Å². The second-order valence-electron chi connectivity index (χ2n) is 7.57. The SMILES string of the molecule is CC1(C)C[C@@H](C(=O)N(CCCn2ccnc2)Cc2cccnc2)CCO1. The average molecular weight is 356 g/mol. The molecule has 0 aliphatic carbocycles. The Bertz CT molecular complexity index is 685. The number of carbonyl (C=O) groups is 1. The van der Waals surface area contributed by atoms with E-state index in [9.17, 15) is 4.79 Å². The lowest BCUT2D eigenvalue weighted by molar-refractivity contribution is -0.146. The van der Waals surface area contributed by atoms with Crippen LogP contribution in [-0.4, -0.2) is 44.1 Å². The molecule has 6 heteroatoms. The molecule has 2 aromatic heterocycles. The molecule has 3 heterocycles. The van der Waals surface area contributed by atoms with Crippen LogP contribution in [0.4, 0.5) is 0 Å². The van der Waals surface area contributed by atoms with E-state index in [1.165, 1.54) is 0 Å². The van der Waals surface area contributed by atoms with Crippen LogP contribution in [0.5, 0.6) is 0 Å². The van der Waals surface area contributed by atoms with Crippen LogP contribution in [0.25, 0.3) is 0 Å². The van der Waals surface area contributed by atoms with E-state index in [4.69, 9.17) is 4.74 Å². The van der Waals surface area contributed by atoms with Crippen molar-refractivity contribution in [3.8, 4) is 0 Å². The molecule has 0 bridgehead atoms. The van der Waals surface area contributed by atoms with Crippen molar-refractivity contribution >= 4 is 5.91 Å². The molecular weight excluding hydrogens is 328 g/mol. The van der Waals surface area contributed by atoms with E-state index in [-0.39, 0.29) is 17.4 Å². The number of nitrogens with zero attached hydrogens (tertiary/aromatic N) is 4. The lowest BCUT2D eigenvalue weighted by Crippen LogP contribution is -2.43. The Balaban J connectivity index is 1.65. The van der Waals surface area contributed by atoms with Gasteiger partial charge in [-0.15, -0.1) is 0 Å². The van der Waals surface area contributed by atoms with Gasteiger partial charge < -0.3 is 14.2 Å². The Labute approximate surface area is 155 Å². The summed E-state index contributed by atoms with van der Waals surface area (Å²) in [5.74, 6) is 0.263. The van der Waals surface area contributed by atoms with Crippen LogP contribution in [-0.2, 0) is 22.6 Å². The van der Waals surface area contributed by atoms with Crippen molar-refractivity contribution in [1.82, 2.24) is 19.4 Å². The second kappa shape index (κ2) is 8.45. The summed E-state index contributed by atoms with van der Waals surface area (Å²) in [6.07, 6.45) is 11.6. The molecule has 1 atom stereocenters. The van der Waals surface area contributed by atoms with Crippen LogP contribution in [0.3, 0.4) is 0 Å². The molecule has 0 spiro atoms. The molecule has 0 radical (unpaired) electrons. The predicted octanol–water partition coefficient (Wildman–Crippen LogP) is 2.90. The van der Waals surface area contributed by atoms with Crippen molar-refractivity contribution in [1.29, 1.82) is 0 Å². The van der Waals surface area contributed by atoms with Crippen molar-refractivity contribution in [3.05, 3.63) is 48.8 Å². The van der Waals surface area contributed by atoms with Gasteiger partial charge in [-0.2, -0.15) is 0 Å². The van der Waals surface area contributed by atoms with E-state index in [2.05, 4.69) is 23.8 Å². The van der Waals surface area contributed by atoms with Crippen LogP contribution >= 0.6 is 0 Å². The smallest absolute Gasteiger partial charge is 0.226 e. The molecule has 6 nitrogen and oxygen atoms in total. The molecular formula is C20H28N4O2. The number of carbonyl (C=O) groups excluding carboxylic acids is 1. The maximum atomic E-state index is 13.2. The van der Waals surface area contributed by atoms with Crippen LogP contribution in [0.1, 0.15) is 38.7 Å². The van der Waals surface area contributed by atoms with E-state index in [0.29, 0.717) is 13.2 Å². The van der Waals surface area contributed by atoms with Crippen molar-refractivity contribution in [2.75, 3.05) is 13.2 Å². The second-order valence-corrected chi connectivity index (χ2v) is 7.57. The van der Waals surface area contributed by atoms with Gasteiger partial charge in [0.15, 0.2) is 0 Å². The van der Waals surface area contributed by atoms with Crippen molar-refractivity contribution in [2.45, 2.75) is 51.8 Å². The predicted molar refractivity (Wildman–Crippen MR) is 99.3 cm³/mol. The maximum Gasteiger partial charge on any atom is 0.226 e. The number of hydrogen-bond donors (Lipinski definition) is 0. The van der Waals surface area contributed by atoms with Gasteiger partial charge in [0, 0.05) is 56.9 Å². The molecule has 1 saturated heterocycles. The third-order valence-corrected chi connectivity index (χ3v) is 4.86. The summed E-state index contributed by atoms with van der Waals surface area (Å²) in [7, 11) is 0. The molecule has 1 aliphatic heterocycles. The molecule has 1 amide bonds. The third-order valence-electron chi connectivity index (χ3n) is 4.86. The highest BCUT2D eigenvalue weighted by Gasteiger charge is 2.34. The number of aromatic nitrogens is 3. The highest BCUT2D eigenvalue weighted by Crippen LogP contribution is 2.30. The molecule has 0 saturated carbocycles. The van der Waals surface area contributed by atoms with Gasteiger partial charge in [0.1, 0.15) is 0 Å². The van der Waals surface area contributed by atoms with Crippen LogP contribution in [0.2, 0.25) is 0 Å². The van der Waals surface area contributed by atoms with E-state index in [1.54, 1.807) is 12.4 Å². The van der Waals surface area contributed by atoms with E-state index in [1.807, 2.05) is 40.3 Å². The highest BCUT2D eigenvalue weighted by molar-refractivity contribution is 5.79. The average Bonchev–Trinajstić information content (AvgIpc) is 3.14. The van der Waals surface area contributed by atoms with Crippen LogP contribution < -0.4 is 0 Å². The zero-order chi connectivity index (χ0) is 18.4. The highest BCUT2D eigenvalue weighted by atomic mass is 16.5. The lowest BCUT2D eigenvalue weighted by atomic mass is 9.87. The van der Waals surface area contributed by atoms with E-state index < -0.39 is 0 Å². The Morgan fingerprint density at radius 2 is 2.27 bits per heavy atom. The molecule has 3 rings (SSSR count). The number of ether oxygens (including phenoxy) is 1. The van der Waals surface area contributed by atoms with Gasteiger partial charge in [-0.05, 0) is 44.7 Å². The minimum atomic E-state index is -0.227. The summed E-state index contributed by atoms with van der Waals surface area (Å²) in [6, 6.07) is 3.94. The quantitative estimate of drug-likeness (QED) is 0.765. The molecule has 0 aromatic carbocycles. The fourth-order valence-corrected chi connectivity index (χ4v) is 3.54. The molecule has 1 fully saturated rings. The Kier molecular flexibility index (Phi) is 6.04. The van der Waals surface area contributed by atoms with E-state index >= 15 is 0 Å². The number of imidazole rings is 1. The zero-order valence-corrected chi connectivity index (χ0v) is 15.7. The van der Waals surface area contributed by atoms with Gasteiger partial charge in [-0.1, -0.05) is 6.07 Å². The fourth-order valence-electron chi connectivity index (χ4n) is 3.54. The number of aryl methyl sites for hydroxylation is 1. The van der Waals surface area contributed by atoms with Gasteiger partial charge in [0.05, 0.1) is 11.9 Å². The standard InChI is InChI=1S/C20H28N4O2/c1-20(2)13-18(6-12-26-20)19(25)24(15-17-5-3-7-21-14-17)10-4-9-23-11-8-22-16-23/h3,5,7-8,11,14,16,18H,4,6,9-10,12-13,15H2,1-2H3/t18-/m0/s1. The summed E-state index contributed by atoms with van der Waals surface area (Å²) >= 11 is 0. The topological polar surface area (TPSA) is 60.2 Å². The maximum absolute atomic E-state index is 13.2. The molecule has 0 N–H and O–H groups in total. The van der Waals surface area contributed by atoms with Crippen molar-refractivity contribution < 1.29 is 9.53 Å². The molecule has 140 valence electrons. The Hall–Kier alpha value is -2.21. The number of hydrogen-bond acceptors (Lipinski definition) is 4. The van der Waals surface area contributed by atoms with Crippen LogP contribution in [0, 0.1) is 5.92 Å². The fraction of sp³-hybridized carbons (Fsp3) is 0.550. The largest absolute Gasteiger partial charge is 0.376 e. The summed E-state index contributed by atoms with van der Waals surface area (Å²) in [5, 5.41) is 0. The minimum absolute atomic E-state index is 0.0312. The molecule has 0 unspecified atom stereocenters. The Morgan fingerprint density at radius 3 is 2.96 bits per heavy atom. The normalized spacial score (nSPS) is 19.2. The van der Waals surface area contributed by atoms with Crippen LogP contribution in [0.15, 0.2) is 43.2 Å².